The number of fused-ring (bicyclic) bond motifs is 1. The Morgan fingerprint density at radius 2 is 1.88 bits per heavy atom. The predicted octanol–water partition coefficient (Wildman–Crippen LogP) is 4.10. The molecule has 26 heavy (non-hydrogen) atoms. The van der Waals surface area contributed by atoms with Gasteiger partial charge in [-0.3, -0.25) is 4.72 Å². The monoisotopic (exact) mass is 425 g/mol. The number of nitrogens with one attached hydrogen (secondary N) is 2. The van der Waals surface area contributed by atoms with E-state index in [2.05, 4.69) is 9.97 Å². The maximum Gasteiger partial charge on any atom is 0.265 e. The average Bonchev–Trinajstić information content (AvgIpc) is 3.00. The van der Waals surface area contributed by atoms with E-state index in [-0.39, 0.29) is 21.8 Å². The molecule has 138 valence electrons. The van der Waals surface area contributed by atoms with Crippen molar-refractivity contribution in [1.29, 1.82) is 0 Å². The molecule has 0 spiro atoms. The van der Waals surface area contributed by atoms with Crippen molar-refractivity contribution >= 4 is 49.9 Å². The molecule has 0 aliphatic carbocycles. The molecule has 12 heteroatoms. The van der Waals surface area contributed by atoms with Gasteiger partial charge in [0.05, 0.1) is 12.6 Å². The van der Waals surface area contributed by atoms with Crippen LogP contribution < -0.4 is 9.46 Å². The lowest BCUT2D eigenvalue weighted by atomic mass is 10.2. The predicted molar refractivity (Wildman–Crippen MR) is 89.8 cm³/mol. The fraction of sp³-hybridized carbons (Fsp3) is 0.0714. The SMILES string of the molecule is COc1nc(NS(=O)(=O)c2c[nH]c3c(F)c(Cl)c(F)cc23)c(F)cc1Cl. The fourth-order valence-corrected chi connectivity index (χ4v) is 3.75. The molecule has 0 fully saturated rings. The zero-order valence-corrected chi connectivity index (χ0v) is 15.0. The average molecular weight is 426 g/mol. The Morgan fingerprint density at radius 1 is 1.19 bits per heavy atom. The fourth-order valence-electron chi connectivity index (χ4n) is 2.21. The number of hydrogen-bond acceptors (Lipinski definition) is 4. The van der Waals surface area contributed by atoms with Gasteiger partial charge >= 0.3 is 0 Å². The number of anilines is 1. The summed E-state index contributed by atoms with van der Waals surface area (Å²) in [5.74, 6) is -4.28. The van der Waals surface area contributed by atoms with Crippen molar-refractivity contribution < 1.29 is 26.3 Å². The molecule has 0 saturated heterocycles. The van der Waals surface area contributed by atoms with E-state index in [0.717, 1.165) is 18.3 Å². The lowest BCUT2D eigenvalue weighted by Crippen LogP contribution is -2.15. The number of nitrogens with zero attached hydrogens (tertiary/aromatic N) is 1. The highest BCUT2D eigenvalue weighted by atomic mass is 35.5. The van der Waals surface area contributed by atoms with Crippen LogP contribution in [0.25, 0.3) is 10.9 Å². The topological polar surface area (TPSA) is 84.1 Å². The molecule has 2 N–H and O–H groups in total. The van der Waals surface area contributed by atoms with E-state index in [0.29, 0.717) is 0 Å². The number of halogens is 5. The van der Waals surface area contributed by atoms with Gasteiger partial charge in [-0.25, -0.2) is 21.6 Å². The molecule has 0 atom stereocenters. The summed E-state index contributed by atoms with van der Waals surface area (Å²) in [5, 5.41) is -1.26. The third-order valence-corrected chi connectivity index (χ3v) is 5.38. The molecule has 0 aliphatic heterocycles. The van der Waals surface area contributed by atoms with Crippen LogP contribution in [0.3, 0.4) is 0 Å². The molecule has 2 aromatic heterocycles. The van der Waals surface area contributed by atoms with Gasteiger partial charge in [0.1, 0.15) is 20.8 Å². The van der Waals surface area contributed by atoms with Crippen molar-refractivity contribution in [2.45, 2.75) is 4.90 Å². The maximum absolute atomic E-state index is 14.0. The number of pyridine rings is 1. The van der Waals surface area contributed by atoms with Crippen LogP contribution in [0.1, 0.15) is 0 Å². The summed E-state index contributed by atoms with van der Waals surface area (Å²) in [7, 11) is -3.25. The molecule has 0 amide bonds. The van der Waals surface area contributed by atoms with Crippen LogP contribution >= 0.6 is 23.2 Å². The summed E-state index contributed by atoms with van der Waals surface area (Å²) in [6.07, 6.45) is 0.914. The summed E-state index contributed by atoms with van der Waals surface area (Å²) >= 11 is 11.2. The van der Waals surface area contributed by atoms with Gasteiger partial charge in [-0.2, -0.15) is 4.98 Å². The van der Waals surface area contributed by atoms with E-state index in [9.17, 15) is 21.6 Å². The Labute approximate surface area is 154 Å². The summed E-state index contributed by atoms with van der Waals surface area (Å²) in [6.45, 7) is 0. The number of aromatic nitrogens is 2. The first-order chi connectivity index (χ1) is 12.2. The van der Waals surface area contributed by atoms with Gasteiger partial charge < -0.3 is 9.72 Å². The van der Waals surface area contributed by atoms with Crippen LogP contribution in [0.15, 0.2) is 23.2 Å². The smallest absolute Gasteiger partial charge is 0.265 e. The summed E-state index contributed by atoms with van der Waals surface area (Å²) in [5.41, 5.74) is -0.320. The zero-order chi connectivity index (χ0) is 19.2. The van der Waals surface area contributed by atoms with Crippen LogP contribution in [0, 0.1) is 17.5 Å². The highest BCUT2D eigenvalue weighted by Crippen LogP contribution is 2.33. The largest absolute Gasteiger partial charge is 0.480 e. The van der Waals surface area contributed by atoms with E-state index in [1.54, 1.807) is 0 Å². The number of ether oxygens (including phenoxy) is 1. The number of H-pyrrole nitrogens is 1. The minimum atomic E-state index is -4.46. The molecular weight excluding hydrogens is 418 g/mol. The van der Waals surface area contributed by atoms with Crippen molar-refractivity contribution in [3.8, 4) is 5.88 Å². The van der Waals surface area contributed by atoms with Crippen molar-refractivity contribution in [1.82, 2.24) is 9.97 Å². The Kier molecular flexibility index (Phi) is 4.67. The molecule has 0 radical (unpaired) electrons. The van der Waals surface area contributed by atoms with E-state index >= 15 is 0 Å². The molecule has 0 bridgehead atoms. The van der Waals surface area contributed by atoms with Crippen molar-refractivity contribution in [3.05, 3.63) is 45.8 Å². The molecule has 0 unspecified atom stereocenters. The van der Waals surface area contributed by atoms with E-state index < -0.39 is 43.2 Å². The van der Waals surface area contributed by atoms with Gasteiger partial charge in [0.15, 0.2) is 17.5 Å². The van der Waals surface area contributed by atoms with Crippen LogP contribution in [0.2, 0.25) is 10.0 Å². The highest BCUT2D eigenvalue weighted by Gasteiger charge is 2.25. The maximum atomic E-state index is 14.0. The Balaban J connectivity index is 2.12. The van der Waals surface area contributed by atoms with Crippen molar-refractivity contribution in [3.63, 3.8) is 0 Å². The number of benzene rings is 1. The number of rotatable bonds is 4. The molecule has 0 saturated carbocycles. The zero-order valence-electron chi connectivity index (χ0n) is 12.7. The molecule has 3 rings (SSSR count). The van der Waals surface area contributed by atoms with Gasteiger partial charge in [0.2, 0.25) is 5.88 Å². The lowest BCUT2D eigenvalue weighted by molar-refractivity contribution is 0.397. The second kappa shape index (κ2) is 6.53. The molecule has 0 aliphatic rings. The van der Waals surface area contributed by atoms with Gasteiger partial charge in [-0.15, -0.1) is 0 Å². The Morgan fingerprint density at radius 3 is 2.54 bits per heavy atom. The van der Waals surface area contributed by atoms with Crippen LogP contribution in [0.4, 0.5) is 19.0 Å². The van der Waals surface area contributed by atoms with Crippen molar-refractivity contribution in [2.24, 2.45) is 0 Å². The number of aromatic amines is 1. The molecule has 3 aromatic rings. The number of sulfonamides is 1. The van der Waals surface area contributed by atoms with E-state index in [4.69, 9.17) is 27.9 Å². The normalized spacial score (nSPS) is 11.8. The van der Waals surface area contributed by atoms with Gasteiger partial charge in [0, 0.05) is 17.6 Å². The molecule has 6 nitrogen and oxygen atoms in total. The van der Waals surface area contributed by atoms with E-state index in [1.807, 2.05) is 4.72 Å². The summed E-state index contributed by atoms with van der Waals surface area (Å²) in [6, 6.07) is 1.55. The number of hydrogen-bond donors (Lipinski definition) is 2. The quantitative estimate of drug-likeness (QED) is 0.616. The summed E-state index contributed by atoms with van der Waals surface area (Å²) < 4.78 is 73.4. The third kappa shape index (κ3) is 3.04. The van der Waals surface area contributed by atoms with E-state index in [1.165, 1.54) is 7.11 Å². The van der Waals surface area contributed by atoms with Gasteiger partial charge in [-0.05, 0) is 6.07 Å². The van der Waals surface area contributed by atoms with Gasteiger partial charge in [-0.1, -0.05) is 23.2 Å². The molecule has 2 heterocycles. The van der Waals surface area contributed by atoms with Crippen LogP contribution in [0.5, 0.6) is 5.88 Å². The van der Waals surface area contributed by atoms with Crippen LogP contribution in [-0.2, 0) is 10.0 Å². The standard InChI is InChI=1S/C14H8Cl2F3N3O3S/c1-25-14-6(15)3-8(18)13(21-14)22-26(23,24)9-4-20-12-5(9)2-7(17)10(16)11(12)19/h2-4,20H,1H3,(H,21,22). The Hall–Kier alpha value is -2.17. The van der Waals surface area contributed by atoms with Gasteiger partial charge in [0.25, 0.3) is 10.0 Å². The second-order valence-electron chi connectivity index (χ2n) is 4.98. The molecule has 1 aromatic carbocycles. The van der Waals surface area contributed by atoms with Crippen molar-refractivity contribution in [2.75, 3.05) is 11.8 Å². The summed E-state index contributed by atoms with van der Waals surface area (Å²) in [4.78, 5) is 5.44. The third-order valence-electron chi connectivity index (χ3n) is 3.39. The van der Waals surface area contributed by atoms with Crippen LogP contribution in [-0.4, -0.2) is 25.5 Å². The minimum absolute atomic E-state index is 0.168. The second-order valence-corrected chi connectivity index (χ2v) is 7.41. The lowest BCUT2D eigenvalue weighted by Gasteiger charge is -2.10. The minimum Gasteiger partial charge on any atom is -0.480 e. The highest BCUT2D eigenvalue weighted by molar-refractivity contribution is 7.93. The number of methoxy groups -OCH3 is 1. The first kappa shape index (κ1) is 18.6. The Bertz CT molecular complexity index is 1140. The first-order valence-electron chi connectivity index (χ1n) is 6.73. The molecular formula is C14H8Cl2F3N3O3S. The first-order valence-corrected chi connectivity index (χ1v) is 8.97.